The highest BCUT2D eigenvalue weighted by molar-refractivity contribution is 5.98. The largest absolute Gasteiger partial charge is 0.469 e. The number of anilines is 1. The molecule has 0 saturated heterocycles. The minimum absolute atomic E-state index is 0. The number of amides is 1. The molecule has 1 aliphatic carbocycles. The van der Waals surface area contributed by atoms with Crippen molar-refractivity contribution in [1.82, 2.24) is 0 Å². The summed E-state index contributed by atoms with van der Waals surface area (Å²) < 4.78 is 4.62. The second kappa shape index (κ2) is 8.89. The number of hydrogen-bond donors (Lipinski definition) is 2. The maximum Gasteiger partial charge on any atom is 0.305 e. The van der Waals surface area contributed by atoms with E-state index in [1.54, 1.807) is 0 Å². The number of nitrogens with one attached hydrogen (secondary N) is 1. The average Bonchev–Trinajstić information content (AvgIpc) is 2.54. The number of esters is 1. The SMILES string of the molecule is COC(=O)CCc1ccc(NC(=O)C2(N)CCCCC2)cc1.Cl. The van der Waals surface area contributed by atoms with Gasteiger partial charge < -0.3 is 15.8 Å². The van der Waals surface area contributed by atoms with Crippen molar-refractivity contribution >= 4 is 30.0 Å². The molecular formula is C17H25ClN2O3. The molecule has 2 rings (SSSR count). The Kier molecular flexibility index (Phi) is 7.52. The van der Waals surface area contributed by atoms with Gasteiger partial charge in [-0.2, -0.15) is 0 Å². The molecule has 23 heavy (non-hydrogen) atoms. The van der Waals surface area contributed by atoms with Crippen molar-refractivity contribution in [1.29, 1.82) is 0 Å². The number of rotatable bonds is 5. The highest BCUT2D eigenvalue weighted by Gasteiger charge is 2.35. The van der Waals surface area contributed by atoms with Crippen molar-refractivity contribution in [2.75, 3.05) is 12.4 Å². The standard InChI is InChI=1S/C17H24N2O3.ClH/c1-22-15(20)10-7-13-5-8-14(9-6-13)19-16(21)17(18)11-3-2-4-12-17;/h5-6,8-9H,2-4,7,10-12,18H2,1H3,(H,19,21);1H. The third kappa shape index (κ3) is 5.52. The molecule has 0 aromatic heterocycles. The van der Waals surface area contributed by atoms with Crippen LogP contribution in [-0.2, 0) is 20.7 Å². The fourth-order valence-electron chi connectivity index (χ4n) is 2.77. The third-order valence-corrected chi connectivity index (χ3v) is 4.26. The fourth-order valence-corrected chi connectivity index (χ4v) is 2.77. The number of methoxy groups -OCH3 is 1. The summed E-state index contributed by atoms with van der Waals surface area (Å²) in [5, 5.41) is 2.90. The summed E-state index contributed by atoms with van der Waals surface area (Å²) in [7, 11) is 1.38. The fraction of sp³-hybridized carbons (Fsp3) is 0.529. The lowest BCUT2D eigenvalue weighted by Crippen LogP contribution is -2.52. The summed E-state index contributed by atoms with van der Waals surface area (Å²) in [4.78, 5) is 23.4. The maximum atomic E-state index is 12.3. The van der Waals surface area contributed by atoms with Crippen molar-refractivity contribution in [3.63, 3.8) is 0 Å². The first kappa shape index (κ1) is 19.5. The monoisotopic (exact) mass is 340 g/mol. The van der Waals surface area contributed by atoms with Crippen LogP contribution in [0.3, 0.4) is 0 Å². The average molecular weight is 341 g/mol. The molecule has 3 N–H and O–H groups in total. The molecule has 0 unspecified atom stereocenters. The number of nitrogens with two attached hydrogens (primary N) is 1. The van der Waals surface area contributed by atoms with Gasteiger partial charge in [0.15, 0.2) is 0 Å². The van der Waals surface area contributed by atoms with E-state index in [9.17, 15) is 9.59 Å². The summed E-state index contributed by atoms with van der Waals surface area (Å²) in [6.07, 6.45) is 5.65. The minimum Gasteiger partial charge on any atom is -0.469 e. The van der Waals surface area contributed by atoms with Gasteiger partial charge >= 0.3 is 5.97 Å². The Morgan fingerprint density at radius 2 is 1.78 bits per heavy atom. The number of aryl methyl sites for hydroxylation is 1. The molecule has 0 radical (unpaired) electrons. The Labute approximate surface area is 143 Å². The number of ether oxygens (including phenoxy) is 1. The highest BCUT2D eigenvalue weighted by atomic mass is 35.5. The number of hydrogen-bond acceptors (Lipinski definition) is 4. The van der Waals surface area contributed by atoms with Crippen molar-refractivity contribution in [3.8, 4) is 0 Å². The second-order valence-electron chi connectivity index (χ2n) is 5.94. The number of carbonyl (C=O) groups excluding carboxylic acids is 2. The van der Waals surface area contributed by atoms with E-state index in [0.717, 1.165) is 43.4 Å². The van der Waals surface area contributed by atoms with Gasteiger partial charge in [-0.3, -0.25) is 9.59 Å². The normalized spacial score (nSPS) is 16.1. The van der Waals surface area contributed by atoms with Gasteiger partial charge in [-0.15, -0.1) is 12.4 Å². The van der Waals surface area contributed by atoms with E-state index in [4.69, 9.17) is 5.73 Å². The predicted molar refractivity (Wildman–Crippen MR) is 92.7 cm³/mol. The van der Waals surface area contributed by atoms with Crippen LogP contribution in [0.5, 0.6) is 0 Å². The van der Waals surface area contributed by atoms with E-state index in [-0.39, 0.29) is 24.3 Å². The van der Waals surface area contributed by atoms with Gasteiger partial charge in [0.1, 0.15) is 0 Å². The van der Waals surface area contributed by atoms with Crippen LogP contribution in [0.25, 0.3) is 0 Å². The first-order valence-electron chi connectivity index (χ1n) is 7.79. The first-order valence-corrected chi connectivity index (χ1v) is 7.79. The molecule has 0 atom stereocenters. The van der Waals surface area contributed by atoms with E-state index in [2.05, 4.69) is 10.1 Å². The lowest BCUT2D eigenvalue weighted by Gasteiger charge is -2.31. The van der Waals surface area contributed by atoms with Crippen LogP contribution < -0.4 is 11.1 Å². The van der Waals surface area contributed by atoms with E-state index >= 15 is 0 Å². The Hall–Kier alpha value is -1.59. The molecule has 1 fully saturated rings. The summed E-state index contributed by atoms with van der Waals surface area (Å²) in [5.74, 6) is -0.325. The Morgan fingerprint density at radius 1 is 1.17 bits per heavy atom. The minimum atomic E-state index is -0.734. The maximum absolute atomic E-state index is 12.3. The second-order valence-corrected chi connectivity index (χ2v) is 5.94. The van der Waals surface area contributed by atoms with Crippen molar-refractivity contribution in [2.24, 2.45) is 5.73 Å². The van der Waals surface area contributed by atoms with Crippen LogP contribution in [0.1, 0.15) is 44.1 Å². The Balaban J connectivity index is 0.00000264. The predicted octanol–water partition coefficient (Wildman–Crippen LogP) is 2.81. The van der Waals surface area contributed by atoms with Gasteiger partial charge in [0, 0.05) is 12.1 Å². The lowest BCUT2D eigenvalue weighted by molar-refractivity contribution is -0.140. The molecule has 1 aliphatic rings. The zero-order chi connectivity index (χ0) is 16.0. The third-order valence-electron chi connectivity index (χ3n) is 4.26. The van der Waals surface area contributed by atoms with Gasteiger partial charge in [-0.05, 0) is 37.0 Å². The van der Waals surface area contributed by atoms with Gasteiger partial charge in [0.25, 0.3) is 0 Å². The molecular weight excluding hydrogens is 316 g/mol. The quantitative estimate of drug-likeness (QED) is 0.807. The molecule has 128 valence electrons. The molecule has 1 amide bonds. The molecule has 5 nitrogen and oxygen atoms in total. The van der Waals surface area contributed by atoms with Gasteiger partial charge in [0.2, 0.25) is 5.91 Å². The zero-order valence-corrected chi connectivity index (χ0v) is 14.3. The van der Waals surface area contributed by atoms with Crippen LogP contribution in [0.15, 0.2) is 24.3 Å². The molecule has 1 saturated carbocycles. The number of benzene rings is 1. The van der Waals surface area contributed by atoms with Crippen LogP contribution in [0.4, 0.5) is 5.69 Å². The van der Waals surface area contributed by atoms with E-state index in [1.807, 2.05) is 24.3 Å². The number of carbonyl (C=O) groups is 2. The van der Waals surface area contributed by atoms with Gasteiger partial charge in [0.05, 0.1) is 12.6 Å². The lowest BCUT2D eigenvalue weighted by atomic mass is 9.82. The summed E-state index contributed by atoms with van der Waals surface area (Å²) in [6, 6.07) is 7.50. The summed E-state index contributed by atoms with van der Waals surface area (Å²) >= 11 is 0. The molecule has 0 aliphatic heterocycles. The van der Waals surface area contributed by atoms with E-state index in [0.29, 0.717) is 12.8 Å². The molecule has 1 aromatic rings. The molecule has 0 bridgehead atoms. The highest BCUT2D eigenvalue weighted by Crippen LogP contribution is 2.27. The Morgan fingerprint density at radius 3 is 2.35 bits per heavy atom. The van der Waals surface area contributed by atoms with Crippen molar-refractivity contribution < 1.29 is 14.3 Å². The summed E-state index contributed by atoms with van der Waals surface area (Å²) in [5.41, 5.74) is 7.25. The number of halogens is 1. The van der Waals surface area contributed by atoms with E-state index < -0.39 is 5.54 Å². The van der Waals surface area contributed by atoms with Crippen LogP contribution in [0.2, 0.25) is 0 Å². The zero-order valence-electron chi connectivity index (χ0n) is 13.5. The smallest absolute Gasteiger partial charge is 0.305 e. The molecule has 6 heteroatoms. The van der Waals surface area contributed by atoms with Crippen LogP contribution >= 0.6 is 12.4 Å². The molecule has 0 heterocycles. The molecule has 0 spiro atoms. The van der Waals surface area contributed by atoms with E-state index in [1.165, 1.54) is 7.11 Å². The molecule has 1 aromatic carbocycles. The van der Waals surface area contributed by atoms with Gasteiger partial charge in [-0.25, -0.2) is 0 Å². The Bertz CT molecular complexity index is 525. The van der Waals surface area contributed by atoms with Crippen molar-refractivity contribution in [2.45, 2.75) is 50.5 Å². The van der Waals surface area contributed by atoms with Crippen LogP contribution in [0, 0.1) is 0 Å². The summed E-state index contributed by atoms with van der Waals surface area (Å²) in [6.45, 7) is 0. The van der Waals surface area contributed by atoms with Crippen molar-refractivity contribution in [3.05, 3.63) is 29.8 Å². The van der Waals surface area contributed by atoms with Crippen LogP contribution in [-0.4, -0.2) is 24.5 Å². The van der Waals surface area contributed by atoms with Gasteiger partial charge in [-0.1, -0.05) is 31.4 Å². The topological polar surface area (TPSA) is 81.4 Å². The first-order chi connectivity index (χ1) is 10.5.